The lowest BCUT2D eigenvalue weighted by atomic mass is 9.96. The third kappa shape index (κ3) is 2.91. The number of aliphatic hydroxyl groups is 1. The van der Waals surface area contributed by atoms with E-state index in [1.807, 2.05) is 60.7 Å². The number of aryl methyl sites for hydroxylation is 1. The fraction of sp³-hybridized carbons (Fsp3) is 0.227. The summed E-state index contributed by atoms with van der Waals surface area (Å²) in [5, 5.41) is 20.0. The number of fused-ring (bicyclic) bond motifs is 1. The third-order valence-electron chi connectivity index (χ3n) is 5.22. The van der Waals surface area contributed by atoms with Crippen LogP contribution in [-0.2, 0) is 22.0 Å². The number of allylic oxidation sites excluding steroid dienone is 1. The average molecular weight is 373 g/mol. The summed E-state index contributed by atoms with van der Waals surface area (Å²) in [6.45, 7) is -0.362. The number of aromatic nitrogens is 2. The number of benzene rings is 2. The molecule has 0 saturated heterocycles. The van der Waals surface area contributed by atoms with Gasteiger partial charge < -0.3 is 14.4 Å². The Bertz CT molecular complexity index is 1120. The van der Waals surface area contributed by atoms with Gasteiger partial charge in [0.15, 0.2) is 11.6 Å². The van der Waals surface area contributed by atoms with Gasteiger partial charge in [0.2, 0.25) is 0 Å². The highest BCUT2D eigenvalue weighted by molar-refractivity contribution is 5.87. The minimum Gasteiger partial charge on any atom is -0.507 e. The summed E-state index contributed by atoms with van der Waals surface area (Å²) in [5.74, 6) is -0.355. The Morgan fingerprint density at radius 1 is 1.21 bits per heavy atom. The van der Waals surface area contributed by atoms with Gasteiger partial charge in [-0.2, -0.15) is 5.26 Å². The number of imidazole rings is 1. The van der Waals surface area contributed by atoms with E-state index in [4.69, 9.17) is 4.74 Å². The Morgan fingerprint density at radius 2 is 1.89 bits per heavy atom. The molecule has 0 bridgehead atoms. The number of nitrogens with zero attached hydrogens (tertiary/aromatic N) is 3. The van der Waals surface area contributed by atoms with Crippen LogP contribution >= 0.6 is 0 Å². The summed E-state index contributed by atoms with van der Waals surface area (Å²) in [6, 6.07) is 18.9. The zero-order chi connectivity index (χ0) is 19.7. The largest absolute Gasteiger partial charge is 0.507 e. The second kappa shape index (κ2) is 6.86. The molecule has 1 heterocycles. The molecule has 1 aliphatic rings. The van der Waals surface area contributed by atoms with Crippen LogP contribution in [0.5, 0.6) is 0 Å². The van der Waals surface area contributed by atoms with Crippen molar-refractivity contribution in [3.05, 3.63) is 71.7 Å². The van der Waals surface area contributed by atoms with Crippen LogP contribution in [0.3, 0.4) is 0 Å². The Hall–Kier alpha value is -3.59. The fourth-order valence-electron chi connectivity index (χ4n) is 3.45. The number of hydrogen-bond donors (Lipinski definition) is 1. The minimum absolute atomic E-state index is 0.00365. The van der Waals surface area contributed by atoms with Gasteiger partial charge in [-0.3, -0.25) is 4.79 Å². The van der Waals surface area contributed by atoms with Crippen LogP contribution in [0.4, 0.5) is 0 Å². The molecular weight excluding hydrogens is 354 g/mol. The molecule has 0 spiro atoms. The van der Waals surface area contributed by atoms with Gasteiger partial charge in [-0.25, -0.2) is 4.98 Å². The van der Waals surface area contributed by atoms with Crippen molar-refractivity contribution in [2.45, 2.75) is 18.3 Å². The maximum Gasteiger partial charge on any atom is 0.317 e. The molecule has 0 unspecified atom stereocenters. The molecule has 1 saturated carbocycles. The van der Waals surface area contributed by atoms with Gasteiger partial charge in [0.1, 0.15) is 18.2 Å². The topological polar surface area (TPSA) is 88.1 Å². The number of esters is 1. The second-order valence-electron chi connectivity index (χ2n) is 6.94. The third-order valence-corrected chi connectivity index (χ3v) is 5.22. The lowest BCUT2D eigenvalue weighted by molar-refractivity contribution is -0.146. The smallest absolute Gasteiger partial charge is 0.317 e. The van der Waals surface area contributed by atoms with Gasteiger partial charge in [0, 0.05) is 7.05 Å². The SMILES string of the molecule is Cn1c(/C(C#N)=C(\O)COC(=O)C2(c3ccccc3)CC2)nc2ccccc21. The highest BCUT2D eigenvalue weighted by Gasteiger charge is 2.52. The molecule has 28 heavy (non-hydrogen) atoms. The van der Waals surface area contributed by atoms with Gasteiger partial charge in [-0.05, 0) is 30.5 Å². The van der Waals surface area contributed by atoms with Crippen LogP contribution in [-0.4, -0.2) is 27.2 Å². The second-order valence-corrected chi connectivity index (χ2v) is 6.94. The molecular formula is C22H19N3O3. The van der Waals surface area contributed by atoms with Crippen molar-refractivity contribution >= 4 is 22.6 Å². The number of aliphatic hydroxyl groups excluding tert-OH is 1. The number of para-hydroxylation sites is 2. The predicted molar refractivity (Wildman–Crippen MR) is 104 cm³/mol. The van der Waals surface area contributed by atoms with E-state index in [0.29, 0.717) is 5.82 Å². The first-order valence-electron chi connectivity index (χ1n) is 9.03. The van der Waals surface area contributed by atoms with Crippen LogP contribution < -0.4 is 0 Å². The maximum atomic E-state index is 12.6. The first-order chi connectivity index (χ1) is 13.6. The Labute approximate surface area is 162 Å². The van der Waals surface area contributed by atoms with Crippen LogP contribution in [0.15, 0.2) is 60.4 Å². The number of ether oxygens (including phenoxy) is 1. The molecule has 0 radical (unpaired) electrons. The first kappa shape index (κ1) is 17.8. The van der Waals surface area contributed by atoms with Crippen LogP contribution in [0, 0.1) is 11.3 Å². The Balaban J connectivity index is 1.57. The molecule has 0 aliphatic heterocycles. The molecule has 0 atom stereocenters. The first-order valence-corrected chi connectivity index (χ1v) is 9.03. The number of nitriles is 1. The predicted octanol–water partition coefficient (Wildman–Crippen LogP) is 3.64. The molecule has 6 heteroatoms. The van der Waals surface area contributed by atoms with E-state index < -0.39 is 5.41 Å². The van der Waals surface area contributed by atoms with Gasteiger partial charge >= 0.3 is 5.97 Å². The van der Waals surface area contributed by atoms with E-state index in [2.05, 4.69) is 4.98 Å². The molecule has 6 nitrogen and oxygen atoms in total. The Morgan fingerprint density at radius 3 is 2.54 bits per heavy atom. The van der Waals surface area contributed by atoms with Crippen molar-refractivity contribution in [2.75, 3.05) is 6.61 Å². The number of rotatable bonds is 5. The van der Waals surface area contributed by atoms with Crippen LogP contribution in [0.25, 0.3) is 16.6 Å². The summed E-state index contributed by atoms with van der Waals surface area (Å²) >= 11 is 0. The standard InChI is InChI=1S/C22H19N3O3/c1-25-18-10-6-5-9-17(18)24-20(25)16(13-23)19(26)14-28-21(27)22(11-12-22)15-7-3-2-4-8-15/h2-10,26H,11-12,14H2,1H3/b19-16-. The van der Waals surface area contributed by atoms with Crippen LogP contribution in [0.1, 0.15) is 24.2 Å². The van der Waals surface area contributed by atoms with E-state index in [1.54, 1.807) is 11.6 Å². The molecule has 4 rings (SSSR count). The molecule has 1 aliphatic carbocycles. The highest BCUT2D eigenvalue weighted by atomic mass is 16.5. The van der Waals surface area contributed by atoms with Gasteiger partial charge in [0.25, 0.3) is 0 Å². The number of carbonyl (C=O) groups is 1. The zero-order valence-electron chi connectivity index (χ0n) is 15.4. The lowest BCUT2D eigenvalue weighted by Crippen LogP contribution is -2.24. The van der Waals surface area contributed by atoms with Crippen molar-refractivity contribution in [3.8, 4) is 6.07 Å². The molecule has 0 amide bonds. The van der Waals surface area contributed by atoms with E-state index >= 15 is 0 Å². The van der Waals surface area contributed by atoms with Crippen molar-refractivity contribution in [2.24, 2.45) is 7.05 Å². The Kier molecular flexibility index (Phi) is 4.36. The summed E-state index contributed by atoms with van der Waals surface area (Å²) in [7, 11) is 1.77. The minimum atomic E-state index is -0.633. The van der Waals surface area contributed by atoms with Gasteiger partial charge in [-0.1, -0.05) is 42.5 Å². The van der Waals surface area contributed by atoms with Crippen molar-refractivity contribution in [1.82, 2.24) is 9.55 Å². The average Bonchev–Trinajstić information content (AvgIpc) is 3.48. The fourth-order valence-corrected chi connectivity index (χ4v) is 3.45. The van der Waals surface area contributed by atoms with Crippen molar-refractivity contribution < 1.29 is 14.6 Å². The lowest BCUT2D eigenvalue weighted by Gasteiger charge is -2.15. The quantitative estimate of drug-likeness (QED) is 0.419. The maximum absolute atomic E-state index is 12.6. The van der Waals surface area contributed by atoms with Crippen molar-refractivity contribution in [1.29, 1.82) is 5.26 Å². The van der Waals surface area contributed by atoms with Gasteiger partial charge in [-0.15, -0.1) is 0 Å². The monoisotopic (exact) mass is 373 g/mol. The molecule has 1 N–H and O–H groups in total. The van der Waals surface area contributed by atoms with Crippen LogP contribution in [0.2, 0.25) is 0 Å². The molecule has 2 aromatic carbocycles. The van der Waals surface area contributed by atoms with Crippen molar-refractivity contribution in [3.63, 3.8) is 0 Å². The van der Waals surface area contributed by atoms with E-state index in [1.165, 1.54) is 0 Å². The van der Waals surface area contributed by atoms with Gasteiger partial charge in [0.05, 0.1) is 16.4 Å². The summed E-state index contributed by atoms with van der Waals surface area (Å²) in [5.41, 5.74) is 1.84. The molecule has 1 aromatic heterocycles. The van der Waals surface area contributed by atoms with E-state index in [9.17, 15) is 15.2 Å². The zero-order valence-corrected chi connectivity index (χ0v) is 15.4. The molecule has 140 valence electrons. The number of carbonyl (C=O) groups excluding carboxylic acids is 1. The summed E-state index contributed by atoms with van der Waals surface area (Å²) < 4.78 is 7.10. The number of hydrogen-bond acceptors (Lipinski definition) is 5. The highest BCUT2D eigenvalue weighted by Crippen LogP contribution is 2.49. The normalized spacial score (nSPS) is 15.6. The summed E-state index contributed by atoms with van der Waals surface area (Å²) in [4.78, 5) is 17.1. The molecule has 3 aromatic rings. The van der Waals surface area contributed by atoms with E-state index in [0.717, 1.165) is 29.4 Å². The molecule has 1 fully saturated rings. The summed E-state index contributed by atoms with van der Waals surface area (Å²) in [6.07, 6.45) is 1.44. The van der Waals surface area contributed by atoms with E-state index in [-0.39, 0.29) is 23.9 Å².